The van der Waals surface area contributed by atoms with Crippen LogP contribution >= 0.6 is 23.2 Å². The average molecular weight is 359 g/mol. The quantitative estimate of drug-likeness (QED) is 0.757. The molecule has 0 bridgehead atoms. The third kappa shape index (κ3) is 5.55. The van der Waals surface area contributed by atoms with E-state index >= 15 is 0 Å². The molecule has 0 aliphatic carbocycles. The molecule has 1 fully saturated rings. The fourth-order valence-corrected chi connectivity index (χ4v) is 3.25. The number of nitrogens with zero attached hydrogens (tertiary/aromatic N) is 1. The van der Waals surface area contributed by atoms with Gasteiger partial charge in [0.1, 0.15) is 10.8 Å². The van der Waals surface area contributed by atoms with Crippen LogP contribution in [0.25, 0.3) is 0 Å². The summed E-state index contributed by atoms with van der Waals surface area (Å²) in [6.07, 6.45) is 3.47. The van der Waals surface area contributed by atoms with E-state index < -0.39 is 0 Å². The summed E-state index contributed by atoms with van der Waals surface area (Å²) in [4.78, 5) is 14.3. The number of benzene rings is 1. The molecule has 1 heterocycles. The van der Waals surface area contributed by atoms with Gasteiger partial charge in [-0.25, -0.2) is 0 Å². The lowest BCUT2D eigenvalue weighted by Crippen LogP contribution is -2.42. The molecule has 1 aromatic carbocycles. The Bertz CT molecular complexity index is 523. The molecule has 0 spiro atoms. The van der Waals surface area contributed by atoms with Crippen LogP contribution in [0.2, 0.25) is 10.0 Å². The zero-order chi connectivity index (χ0) is 16.7. The SMILES string of the molecule is CNCC1CCCN(C(=O)CCCOc2cccc(Cl)c2Cl)C1. The van der Waals surface area contributed by atoms with E-state index in [0.29, 0.717) is 41.2 Å². The number of hydrogen-bond acceptors (Lipinski definition) is 3. The molecule has 2 rings (SSSR count). The fourth-order valence-electron chi connectivity index (χ4n) is 2.91. The number of nitrogens with one attached hydrogen (secondary N) is 1. The molecule has 1 saturated heterocycles. The predicted molar refractivity (Wildman–Crippen MR) is 94.4 cm³/mol. The zero-order valence-corrected chi connectivity index (χ0v) is 15.0. The van der Waals surface area contributed by atoms with Crippen LogP contribution in [0, 0.1) is 5.92 Å². The van der Waals surface area contributed by atoms with Crippen molar-refractivity contribution in [3.05, 3.63) is 28.2 Å². The predicted octanol–water partition coefficient (Wildman–Crippen LogP) is 3.61. The van der Waals surface area contributed by atoms with Crippen molar-refractivity contribution in [1.82, 2.24) is 10.2 Å². The lowest BCUT2D eigenvalue weighted by Gasteiger charge is -2.32. The maximum absolute atomic E-state index is 12.3. The van der Waals surface area contributed by atoms with Crippen LogP contribution in [-0.2, 0) is 4.79 Å². The molecular formula is C17H24Cl2N2O2. The third-order valence-electron chi connectivity index (χ3n) is 4.07. The normalized spacial score (nSPS) is 18.0. The van der Waals surface area contributed by atoms with Crippen molar-refractivity contribution in [2.45, 2.75) is 25.7 Å². The zero-order valence-electron chi connectivity index (χ0n) is 13.5. The Morgan fingerprint density at radius 1 is 1.43 bits per heavy atom. The van der Waals surface area contributed by atoms with Crippen molar-refractivity contribution in [3.8, 4) is 5.75 Å². The number of ether oxygens (including phenoxy) is 1. The van der Waals surface area contributed by atoms with E-state index in [-0.39, 0.29) is 5.91 Å². The topological polar surface area (TPSA) is 41.6 Å². The van der Waals surface area contributed by atoms with E-state index in [0.717, 1.165) is 26.1 Å². The lowest BCUT2D eigenvalue weighted by atomic mass is 9.97. The number of likely N-dealkylation sites (tertiary alicyclic amines) is 1. The summed E-state index contributed by atoms with van der Waals surface area (Å²) < 4.78 is 5.62. The van der Waals surface area contributed by atoms with Crippen molar-refractivity contribution in [1.29, 1.82) is 0 Å². The maximum Gasteiger partial charge on any atom is 0.222 e. The van der Waals surface area contributed by atoms with Gasteiger partial charge in [-0.05, 0) is 50.9 Å². The molecule has 1 aliphatic rings. The molecule has 0 saturated carbocycles. The van der Waals surface area contributed by atoms with Crippen molar-refractivity contribution < 1.29 is 9.53 Å². The molecule has 1 amide bonds. The Labute approximate surface area is 148 Å². The highest BCUT2D eigenvalue weighted by atomic mass is 35.5. The first kappa shape index (κ1) is 18.4. The summed E-state index contributed by atoms with van der Waals surface area (Å²) in [7, 11) is 1.96. The van der Waals surface area contributed by atoms with Crippen molar-refractivity contribution in [2.75, 3.05) is 33.3 Å². The van der Waals surface area contributed by atoms with Gasteiger partial charge in [0.2, 0.25) is 5.91 Å². The average Bonchev–Trinajstić information content (AvgIpc) is 2.55. The minimum absolute atomic E-state index is 0.214. The van der Waals surface area contributed by atoms with Crippen LogP contribution in [-0.4, -0.2) is 44.1 Å². The van der Waals surface area contributed by atoms with Crippen LogP contribution < -0.4 is 10.1 Å². The number of halogens is 2. The number of rotatable bonds is 7. The Morgan fingerprint density at radius 3 is 3.04 bits per heavy atom. The van der Waals surface area contributed by atoms with Gasteiger partial charge in [-0.2, -0.15) is 0 Å². The van der Waals surface area contributed by atoms with Gasteiger partial charge < -0.3 is 15.0 Å². The lowest BCUT2D eigenvalue weighted by molar-refractivity contribution is -0.133. The molecule has 1 atom stereocenters. The van der Waals surface area contributed by atoms with E-state index in [4.69, 9.17) is 27.9 Å². The van der Waals surface area contributed by atoms with Crippen LogP contribution in [0.15, 0.2) is 18.2 Å². The van der Waals surface area contributed by atoms with Crippen LogP contribution in [0.3, 0.4) is 0 Å². The standard InChI is InChI=1S/C17H24Cl2N2O2/c1-20-11-13-5-3-9-21(12-13)16(22)8-4-10-23-15-7-2-6-14(18)17(15)19/h2,6-7,13,20H,3-5,8-12H2,1H3. The van der Waals surface area contributed by atoms with Crippen molar-refractivity contribution >= 4 is 29.1 Å². The molecule has 1 unspecified atom stereocenters. The minimum Gasteiger partial charge on any atom is -0.492 e. The van der Waals surface area contributed by atoms with Gasteiger partial charge in [0.25, 0.3) is 0 Å². The molecular weight excluding hydrogens is 335 g/mol. The summed E-state index contributed by atoms with van der Waals surface area (Å²) in [5.74, 6) is 1.35. The van der Waals surface area contributed by atoms with Gasteiger partial charge in [0.15, 0.2) is 0 Å². The first-order valence-corrected chi connectivity index (χ1v) is 8.86. The first-order valence-electron chi connectivity index (χ1n) is 8.11. The summed E-state index contributed by atoms with van der Waals surface area (Å²) in [6, 6.07) is 5.30. The van der Waals surface area contributed by atoms with Gasteiger partial charge >= 0.3 is 0 Å². The number of carbonyl (C=O) groups excluding carboxylic acids is 1. The fraction of sp³-hybridized carbons (Fsp3) is 0.588. The Morgan fingerprint density at radius 2 is 2.26 bits per heavy atom. The number of hydrogen-bond donors (Lipinski definition) is 1. The largest absolute Gasteiger partial charge is 0.492 e. The van der Waals surface area contributed by atoms with E-state index in [1.165, 1.54) is 6.42 Å². The molecule has 0 radical (unpaired) electrons. The monoisotopic (exact) mass is 358 g/mol. The Kier molecular flexibility index (Phi) is 7.47. The summed E-state index contributed by atoms with van der Waals surface area (Å²) in [5.41, 5.74) is 0. The second kappa shape index (κ2) is 9.36. The third-order valence-corrected chi connectivity index (χ3v) is 4.87. The van der Waals surface area contributed by atoms with Gasteiger partial charge in [-0.15, -0.1) is 0 Å². The van der Waals surface area contributed by atoms with Gasteiger partial charge in [0, 0.05) is 19.5 Å². The summed E-state index contributed by atoms with van der Waals surface area (Å²) in [6.45, 7) is 3.17. The molecule has 1 N–H and O–H groups in total. The summed E-state index contributed by atoms with van der Waals surface area (Å²) >= 11 is 12.0. The van der Waals surface area contributed by atoms with Crippen LogP contribution in [0.5, 0.6) is 5.75 Å². The highest BCUT2D eigenvalue weighted by Crippen LogP contribution is 2.31. The van der Waals surface area contributed by atoms with Gasteiger partial charge in [-0.1, -0.05) is 29.3 Å². The van der Waals surface area contributed by atoms with E-state index in [2.05, 4.69) is 5.32 Å². The molecule has 128 valence electrons. The van der Waals surface area contributed by atoms with E-state index in [1.807, 2.05) is 11.9 Å². The number of amides is 1. The van der Waals surface area contributed by atoms with E-state index in [1.54, 1.807) is 18.2 Å². The Balaban J connectivity index is 1.71. The van der Waals surface area contributed by atoms with Crippen LogP contribution in [0.4, 0.5) is 0 Å². The second-order valence-corrected chi connectivity index (χ2v) is 6.69. The smallest absolute Gasteiger partial charge is 0.222 e. The Hall–Kier alpha value is -0.970. The number of carbonyl (C=O) groups is 1. The van der Waals surface area contributed by atoms with Crippen molar-refractivity contribution in [3.63, 3.8) is 0 Å². The maximum atomic E-state index is 12.3. The molecule has 0 aromatic heterocycles. The van der Waals surface area contributed by atoms with Crippen molar-refractivity contribution in [2.24, 2.45) is 5.92 Å². The second-order valence-electron chi connectivity index (χ2n) is 5.91. The molecule has 1 aromatic rings. The highest BCUT2D eigenvalue weighted by Gasteiger charge is 2.22. The number of piperidine rings is 1. The molecule has 4 nitrogen and oxygen atoms in total. The molecule has 1 aliphatic heterocycles. The van der Waals surface area contributed by atoms with Crippen LogP contribution in [0.1, 0.15) is 25.7 Å². The first-order chi connectivity index (χ1) is 11.1. The van der Waals surface area contributed by atoms with Gasteiger partial charge in [0.05, 0.1) is 11.6 Å². The molecule has 6 heteroatoms. The summed E-state index contributed by atoms with van der Waals surface area (Å²) in [5, 5.41) is 4.09. The minimum atomic E-state index is 0.214. The van der Waals surface area contributed by atoms with E-state index in [9.17, 15) is 4.79 Å². The molecule has 23 heavy (non-hydrogen) atoms. The van der Waals surface area contributed by atoms with Gasteiger partial charge in [-0.3, -0.25) is 4.79 Å². The highest BCUT2D eigenvalue weighted by molar-refractivity contribution is 6.42.